The third kappa shape index (κ3) is 2.64. The van der Waals surface area contributed by atoms with Crippen molar-refractivity contribution in [2.75, 3.05) is 12.4 Å². The Labute approximate surface area is 112 Å². The number of nitrogens with one attached hydrogen (secondary N) is 1. The quantitative estimate of drug-likeness (QED) is 0.895. The van der Waals surface area contributed by atoms with E-state index in [2.05, 4.69) is 21.2 Å². The molecule has 0 saturated heterocycles. The first-order valence-corrected chi connectivity index (χ1v) is 6.24. The first kappa shape index (κ1) is 12.9. The third-order valence-electron chi connectivity index (χ3n) is 2.73. The van der Waals surface area contributed by atoms with Crippen LogP contribution in [-0.2, 0) is 4.79 Å². The summed E-state index contributed by atoms with van der Waals surface area (Å²) in [5.74, 6) is -0.813. The van der Waals surface area contributed by atoms with Crippen LogP contribution in [-0.4, -0.2) is 24.1 Å². The van der Waals surface area contributed by atoms with Crippen molar-refractivity contribution in [2.24, 2.45) is 5.92 Å². The summed E-state index contributed by atoms with van der Waals surface area (Å²) in [6.45, 7) is 0. The zero-order valence-corrected chi connectivity index (χ0v) is 11.3. The molecule has 0 aliphatic heterocycles. The third-order valence-corrected chi connectivity index (χ3v) is 3.38. The van der Waals surface area contributed by atoms with Crippen LogP contribution >= 0.6 is 15.9 Å². The minimum absolute atomic E-state index is 0.0409. The number of carbonyl (C=O) groups is 2. The number of methoxy groups -OCH3 is 1. The van der Waals surface area contributed by atoms with Crippen molar-refractivity contribution < 1.29 is 19.4 Å². The summed E-state index contributed by atoms with van der Waals surface area (Å²) >= 11 is 3.24. The minimum atomic E-state index is -1.08. The fraction of sp³-hybridized carbons (Fsp3) is 0.333. The second-order valence-corrected chi connectivity index (χ2v) is 4.96. The number of carboxylic acids is 1. The maximum atomic E-state index is 11.7. The Kier molecular flexibility index (Phi) is 3.56. The van der Waals surface area contributed by atoms with Crippen molar-refractivity contribution in [3.8, 4) is 5.75 Å². The van der Waals surface area contributed by atoms with Gasteiger partial charge < -0.3 is 15.2 Å². The van der Waals surface area contributed by atoms with Crippen LogP contribution in [0.4, 0.5) is 5.69 Å². The van der Waals surface area contributed by atoms with Crippen molar-refractivity contribution >= 4 is 33.5 Å². The number of hydrogen-bond acceptors (Lipinski definition) is 3. The predicted molar refractivity (Wildman–Crippen MR) is 69.0 cm³/mol. The monoisotopic (exact) mass is 313 g/mol. The molecule has 1 aromatic rings. The van der Waals surface area contributed by atoms with Crippen molar-refractivity contribution in [2.45, 2.75) is 12.8 Å². The number of benzene rings is 1. The Morgan fingerprint density at radius 2 is 2.11 bits per heavy atom. The van der Waals surface area contributed by atoms with Gasteiger partial charge in [0.1, 0.15) is 11.3 Å². The van der Waals surface area contributed by atoms with Gasteiger partial charge in [-0.25, -0.2) is 4.79 Å². The van der Waals surface area contributed by atoms with E-state index >= 15 is 0 Å². The van der Waals surface area contributed by atoms with E-state index in [1.807, 2.05) is 0 Å². The van der Waals surface area contributed by atoms with Crippen molar-refractivity contribution in [3.63, 3.8) is 0 Å². The second-order valence-electron chi connectivity index (χ2n) is 4.10. The van der Waals surface area contributed by atoms with E-state index < -0.39 is 5.97 Å². The van der Waals surface area contributed by atoms with Gasteiger partial charge in [-0.3, -0.25) is 4.79 Å². The summed E-state index contributed by atoms with van der Waals surface area (Å²) in [6.07, 6.45) is 1.82. The second kappa shape index (κ2) is 4.97. The van der Waals surface area contributed by atoms with Gasteiger partial charge >= 0.3 is 5.97 Å². The van der Waals surface area contributed by atoms with E-state index in [-0.39, 0.29) is 23.1 Å². The largest absolute Gasteiger partial charge is 0.496 e. The molecule has 1 amide bonds. The molecule has 0 aromatic heterocycles. The highest BCUT2D eigenvalue weighted by atomic mass is 79.9. The molecule has 1 aliphatic rings. The average Bonchev–Trinajstić information content (AvgIpc) is 3.14. The molecule has 6 heteroatoms. The molecule has 1 aliphatic carbocycles. The molecular weight excluding hydrogens is 302 g/mol. The van der Waals surface area contributed by atoms with Crippen LogP contribution in [0, 0.1) is 5.92 Å². The first-order chi connectivity index (χ1) is 8.52. The maximum absolute atomic E-state index is 11.7. The molecule has 1 saturated carbocycles. The van der Waals surface area contributed by atoms with Crippen molar-refractivity contribution in [3.05, 3.63) is 22.2 Å². The number of hydrogen-bond donors (Lipinski definition) is 2. The number of carbonyl (C=O) groups excluding carboxylic acids is 1. The van der Waals surface area contributed by atoms with Gasteiger partial charge in [0, 0.05) is 16.5 Å². The van der Waals surface area contributed by atoms with Gasteiger partial charge in [-0.1, -0.05) is 0 Å². The number of halogens is 1. The van der Waals surface area contributed by atoms with Crippen LogP contribution in [0.25, 0.3) is 0 Å². The number of carboxylic acid groups (broad SMARTS) is 1. The lowest BCUT2D eigenvalue weighted by Crippen LogP contribution is -2.14. The molecule has 1 aromatic carbocycles. The number of amides is 1. The lowest BCUT2D eigenvalue weighted by Gasteiger charge is -2.11. The smallest absolute Gasteiger partial charge is 0.339 e. The van der Waals surface area contributed by atoms with Gasteiger partial charge in [-0.2, -0.15) is 0 Å². The number of ether oxygens (including phenoxy) is 1. The fourth-order valence-corrected chi connectivity index (χ4v) is 2.01. The van der Waals surface area contributed by atoms with E-state index in [0.717, 1.165) is 12.8 Å². The Hall–Kier alpha value is -1.56. The lowest BCUT2D eigenvalue weighted by atomic mass is 10.1. The van der Waals surface area contributed by atoms with Crippen molar-refractivity contribution in [1.82, 2.24) is 0 Å². The molecule has 5 nitrogen and oxygen atoms in total. The highest BCUT2D eigenvalue weighted by molar-refractivity contribution is 9.10. The lowest BCUT2D eigenvalue weighted by molar-refractivity contribution is -0.117. The zero-order chi connectivity index (χ0) is 13.3. The maximum Gasteiger partial charge on any atom is 0.339 e. The Morgan fingerprint density at radius 3 is 2.61 bits per heavy atom. The van der Waals surface area contributed by atoms with Crippen LogP contribution in [0.3, 0.4) is 0 Å². The Balaban J connectivity index is 2.30. The molecule has 0 spiro atoms. The van der Waals surface area contributed by atoms with Gasteiger partial charge in [-0.15, -0.1) is 0 Å². The molecule has 1 fully saturated rings. The molecule has 0 bridgehead atoms. The molecule has 0 radical (unpaired) electrons. The average molecular weight is 314 g/mol. The van der Waals surface area contributed by atoms with E-state index in [4.69, 9.17) is 9.84 Å². The molecule has 2 N–H and O–H groups in total. The molecule has 0 heterocycles. The summed E-state index contributed by atoms with van der Waals surface area (Å²) in [4.78, 5) is 22.7. The van der Waals surface area contributed by atoms with Gasteiger partial charge in [0.2, 0.25) is 5.91 Å². The fourth-order valence-electron chi connectivity index (χ4n) is 1.57. The summed E-state index contributed by atoms with van der Waals surface area (Å²) in [5.41, 5.74) is 0.572. The molecule has 96 valence electrons. The van der Waals surface area contributed by atoms with E-state index in [9.17, 15) is 9.59 Å². The standard InChI is InChI=1S/C12H12BrNO4/c1-18-10-5-9(14-11(15)6-2-3-6)8(13)4-7(10)12(16)17/h4-6H,2-3H2,1H3,(H,14,15)(H,16,17). The Morgan fingerprint density at radius 1 is 1.44 bits per heavy atom. The van der Waals surface area contributed by atoms with Gasteiger partial charge in [0.25, 0.3) is 0 Å². The molecular formula is C12H12BrNO4. The predicted octanol–water partition coefficient (Wildman–Crippen LogP) is 2.50. The highest BCUT2D eigenvalue weighted by Gasteiger charge is 2.30. The van der Waals surface area contributed by atoms with Crippen LogP contribution in [0.1, 0.15) is 23.2 Å². The molecule has 2 rings (SSSR count). The molecule has 0 atom stereocenters. The summed E-state index contributed by atoms with van der Waals surface area (Å²) < 4.78 is 5.53. The summed E-state index contributed by atoms with van der Waals surface area (Å²) in [6, 6.07) is 2.93. The SMILES string of the molecule is COc1cc(NC(=O)C2CC2)c(Br)cc1C(=O)O. The van der Waals surface area contributed by atoms with Crippen LogP contribution in [0.5, 0.6) is 5.75 Å². The summed E-state index contributed by atoms with van der Waals surface area (Å²) in [7, 11) is 1.39. The minimum Gasteiger partial charge on any atom is -0.496 e. The summed E-state index contributed by atoms with van der Waals surface area (Å²) in [5, 5.41) is 11.8. The van der Waals surface area contributed by atoms with Gasteiger partial charge in [-0.05, 0) is 34.8 Å². The topological polar surface area (TPSA) is 75.6 Å². The normalized spacial score (nSPS) is 14.1. The number of anilines is 1. The van der Waals surface area contributed by atoms with Gasteiger partial charge in [0.05, 0.1) is 12.8 Å². The van der Waals surface area contributed by atoms with E-state index in [1.165, 1.54) is 19.2 Å². The zero-order valence-electron chi connectivity index (χ0n) is 9.70. The van der Waals surface area contributed by atoms with Gasteiger partial charge in [0.15, 0.2) is 0 Å². The van der Waals surface area contributed by atoms with Crippen LogP contribution in [0.15, 0.2) is 16.6 Å². The first-order valence-electron chi connectivity index (χ1n) is 5.44. The van der Waals surface area contributed by atoms with E-state index in [0.29, 0.717) is 10.2 Å². The number of aromatic carboxylic acids is 1. The van der Waals surface area contributed by atoms with Crippen LogP contribution in [0.2, 0.25) is 0 Å². The Bertz CT molecular complexity index is 511. The highest BCUT2D eigenvalue weighted by Crippen LogP contribution is 2.34. The van der Waals surface area contributed by atoms with Crippen LogP contribution < -0.4 is 10.1 Å². The molecule has 0 unspecified atom stereocenters. The van der Waals surface area contributed by atoms with E-state index in [1.54, 1.807) is 0 Å². The number of rotatable bonds is 4. The van der Waals surface area contributed by atoms with Crippen molar-refractivity contribution in [1.29, 1.82) is 0 Å². The molecule has 18 heavy (non-hydrogen) atoms.